The van der Waals surface area contributed by atoms with Gasteiger partial charge in [0.05, 0.1) is 0 Å². The largest absolute Gasteiger partial charge is 0.329 e. The van der Waals surface area contributed by atoms with E-state index in [1.807, 2.05) is 0 Å². The second kappa shape index (κ2) is 4.19. The van der Waals surface area contributed by atoms with E-state index in [4.69, 9.17) is 5.73 Å². The average Bonchev–Trinajstić information content (AvgIpc) is 2.16. The lowest BCUT2D eigenvalue weighted by Gasteiger charge is -2.51. The van der Waals surface area contributed by atoms with Crippen LogP contribution in [0, 0.1) is 5.92 Å². The Hall–Kier alpha value is -0.0800. The predicted octanol–water partition coefficient (Wildman–Crippen LogP) is 1.99. The summed E-state index contributed by atoms with van der Waals surface area (Å²) in [6.45, 7) is 5.80. The van der Waals surface area contributed by atoms with Crippen LogP contribution >= 0.6 is 0 Å². The number of piperidine rings is 1. The molecule has 2 aliphatic rings. The Balaban J connectivity index is 2.01. The molecule has 0 amide bonds. The molecule has 0 aromatic carbocycles. The van der Waals surface area contributed by atoms with Crippen molar-refractivity contribution >= 4 is 0 Å². The smallest absolute Gasteiger partial charge is 0.0331 e. The molecular weight excluding hydrogens is 172 g/mol. The zero-order valence-corrected chi connectivity index (χ0v) is 9.47. The van der Waals surface area contributed by atoms with Crippen LogP contribution < -0.4 is 5.73 Å². The van der Waals surface area contributed by atoms with Crippen LogP contribution in [0.3, 0.4) is 0 Å². The van der Waals surface area contributed by atoms with Crippen LogP contribution in [0.2, 0.25) is 0 Å². The number of nitrogens with two attached hydrogens (primary N) is 1. The first-order valence-electron chi connectivity index (χ1n) is 6.22. The van der Waals surface area contributed by atoms with Gasteiger partial charge in [-0.2, -0.15) is 0 Å². The molecule has 0 aromatic heterocycles. The zero-order chi connectivity index (χ0) is 10.0. The molecule has 14 heavy (non-hydrogen) atoms. The molecule has 0 aromatic rings. The molecule has 2 rings (SSSR count). The maximum absolute atomic E-state index is 6.01. The van der Waals surface area contributed by atoms with Crippen LogP contribution in [-0.4, -0.2) is 30.1 Å². The van der Waals surface area contributed by atoms with Gasteiger partial charge in [-0.25, -0.2) is 0 Å². The highest BCUT2D eigenvalue weighted by atomic mass is 15.2. The summed E-state index contributed by atoms with van der Waals surface area (Å²) in [7, 11) is 0. The van der Waals surface area contributed by atoms with E-state index >= 15 is 0 Å². The van der Waals surface area contributed by atoms with E-state index in [2.05, 4.69) is 11.8 Å². The Labute approximate surface area is 87.8 Å². The van der Waals surface area contributed by atoms with Gasteiger partial charge in [0.15, 0.2) is 0 Å². The van der Waals surface area contributed by atoms with Crippen molar-refractivity contribution in [3.05, 3.63) is 0 Å². The van der Waals surface area contributed by atoms with Crippen LogP contribution in [0.1, 0.15) is 45.4 Å². The van der Waals surface area contributed by atoms with Gasteiger partial charge in [0.2, 0.25) is 0 Å². The van der Waals surface area contributed by atoms with Crippen LogP contribution in [0.25, 0.3) is 0 Å². The van der Waals surface area contributed by atoms with Crippen molar-refractivity contribution in [2.24, 2.45) is 11.7 Å². The van der Waals surface area contributed by atoms with Gasteiger partial charge in [-0.3, -0.25) is 4.90 Å². The molecule has 1 atom stereocenters. The van der Waals surface area contributed by atoms with Crippen molar-refractivity contribution in [1.29, 1.82) is 0 Å². The molecule has 2 fully saturated rings. The fourth-order valence-electron chi connectivity index (χ4n) is 2.99. The third-order valence-corrected chi connectivity index (χ3v) is 4.48. The zero-order valence-electron chi connectivity index (χ0n) is 9.47. The highest BCUT2D eigenvalue weighted by molar-refractivity contribution is 4.97. The lowest BCUT2D eigenvalue weighted by Crippen LogP contribution is -2.59. The summed E-state index contributed by atoms with van der Waals surface area (Å²) in [6.07, 6.45) is 8.41. The van der Waals surface area contributed by atoms with Crippen LogP contribution in [0.4, 0.5) is 0 Å². The summed E-state index contributed by atoms with van der Waals surface area (Å²) in [4.78, 5) is 2.67. The fourth-order valence-corrected chi connectivity index (χ4v) is 2.99. The highest BCUT2D eigenvalue weighted by Gasteiger charge is 2.41. The summed E-state index contributed by atoms with van der Waals surface area (Å²) < 4.78 is 0. The molecule has 1 aliphatic heterocycles. The maximum atomic E-state index is 6.01. The number of nitrogens with zero attached hydrogens (tertiary/aromatic N) is 1. The minimum Gasteiger partial charge on any atom is -0.329 e. The number of hydrogen-bond acceptors (Lipinski definition) is 2. The number of rotatable bonds is 3. The van der Waals surface area contributed by atoms with Gasteiger partial charge < -0.3 is 5.73 Å². The molecule has 1 unspecified atom stereocenters. The van der Waals surface area contributed by atoms with E-state index in [0.29, 0.717) is 5.54 Å². The Morgan fingerprint density at radius 1 is 1.14 bits per heavy atom. The molecule has 1 heterocycles. The molecule has 0 radical (unpaired) electrons. The van der Waals surface area contributed by atoms with Gasteiger partial charge in [-0.05, 0) is 51.6 Å². The minimum atomic E-state index is 0.318. The number of hydrogen-bond donors (Lipinski definition) is 1. The second-order valence-electron chi connectivity index (χ2n) is 5.24. The van der Waals surface area contributed by atoms with Crippen LogP contribution in [0.15, 0.2) is 0 Å². The molecule has 2 heteroatoms. The van der Waals surface area contributed by atoms with Crippen molar-refractivity contribution in [2.75, 3.05) is 19.6 Å². The minimum absolute atomic E-state index is 0.318. The summed E-state index contributed by atoms with van der Waals surface area (Å²) in [6, 6.07) is 0. The first-order valence-corrected chi connectivity index (χ1v) is 6.22. The molecule has 1 saturated carbocycles. The quantitative estimate of drug-likeness (QED) is 0.748. The van der Waals surface area contributed by atoms with Gasteiger partial charge in [0.1, 0.15) is 0 Å². The molecule has 1 aliphatic carbocycles. The van der Waals surface area contributed by atoms with Gasteiger partial charge in [0, 0.05) is 12.1 Å². The highest BCUT2D eigenvalue weighted by Crippen LogP contribution is 2.40. The van der Waals surface area contributed by atoms with E-state index in [1.165, 1.54) is 51.6 Å². The first-order chi connectivity index (χ1) is 6.77. The Kier molecular flexibility index (Phi) is 3.13. The second-order valence-corrected chi connectivity index (χ2v) is 5.24. The maximum Gasteiger partial charge on any atom is 0.0331 e. The summed E-state index contributed by atoms with van der Waals surface area (Å²) in [5, 5.41) is 0. The standard InChI is InChI=1S/C12H24N2/c1-12(10-13,11-6-5-7-11)14-8-3-2-4-9-14/h11H,2-10,13H2,1H3. The van der Waals surface area contributed by atoms with Crippen molar-refractivity contribution in [3.63, 3.8) is 0 Å². The van der Waals surface area contributed by atoms with Crippen LogP contribution in [0.5, 0.6) is 0 Å². The molecule has 1 saturated heterocycles. The third-order valence-electron chi connectivity index (χ3n) is 4.48. The van der Waals surface area contributed by atoms with Crippen LogP contribution in [-0.2, 0) is 0 Å². The molecule has 82 valence electrons. The lowest BCUT2D eigenvalue weighted by atomic mass is 9.70. The van der Waals surface area contributed by atoms with E-state index in [-0.39, 0.29) is 0 Å². The Morgan fingerprint density at radius 2 is 1.79 bits per heavy atom. The molecule has 2 N–H and O–H groups in total. The molecular formula is C12H24N2. The predicted molar refractivity (Wildman–Crippen MR) is 60.2 cm³/mol. The van der Waals surface area contributed by atoms with Crippen molar-refractivity contribution in [2.45, 2.75) is 51.0 Å². The van der Waals surface area contributed by atoms with Crippen molar-refractivity contribution < 1.29 is 0 Å². The third kappa shape index (κ3) is 1.70. The van der Waals surface area contributed by atoms with E-state index < -0.39 is 0 Å². The van der Waals surface area contributed by atoms with Gasteiger partial charge >= 0.3 is 0 Å². The number of likely N-dealkylation sites (tertiary alicyclic amines) is 1. The Bertz CT molecular complexity index is 183. The van der Waals surface area contributed by atoms with E-state index in [1.54, 1.807) is 0 Å². The molecule has 2 nitrogen and oxygen atoms in total. The summed E-state index contributed by atoms with van der Waals surface area (Å²) in [5.41, 5.74) is 6.32. The van der Waals surface area contributed by atoms with Gasteiger partial charge in [-0.15, -0.1) is 0 Å². The van der Waals surface area contributed by atoms with Crippen molar-refractivity contribution in [1.82, 2.24) is 4.90 Å². The normalized spacial score (nSPS) is 29.6. The molecule has 0 bridgehead atoms. The summed E-state index contributed by atoms with van der Waals surface area (Å²) in [5.74, 6) is 0.880. The fraction of sp³-hybridized carbons (Fsp3) is 1.00. The lowest BCUT2D eigenvalue weighted by molar-refractivity contribution is 0.00419. The summed E-state index contributed by atoms with van der Waals surface area (Å²) >= 11 is 0. The SMILES string of the molecule is CC(CN)(C1CCC1)N1CCCCC1. The molecule has 0 spiro atoms. The van der Waals surface area contributed by atoms with E-state index in [9.17, 15) is 0 Å². The van der Waals surface area contributed by atoms with Gasteiger partial charge in [-0.1, -0.05) is 12.8 Å². The topological polar surface area (TPSA) is 29.3 Å². The van der Waals surface area contributed by atoms with E-state index in [0.717, 1.165) is 12.5 Å². The van der Waals surface area contributed by atoms with Gasteiger partial charge in [0.25, 0.3) is 0 Å². The monoisotopic (exact) mass is 196 g/mol. The Morgan fingerprint density at radius 3 is 2.21 bits per heavy atom. The first kappa shape index (κ1) is 10.4. The average molecular weight is 196 g/mol. The van der Waals surface area contributed by atoms with Crippen molar-refractivity contribution in [3.8, 4) is 0 Å².